The molecule has 0 aliphatic rings. The van der Waals surface area contributed by atoms with Gasteiger partial charge in [0.25, 0.3) is 0 Å². The Bertz CT molecular complexity index is 667. The number of phenols is 1. The van der Waals surface area contributed by atoms with Crippen LogP contribution in [0, 0.1) is 0 Å². The van der Waals surface area contributed by atoms with Crippen LogP contribution in [0.1, 0.15) is 122 Å². The Morgan fingerprint density at radius 1 is 0.853 bits per heavy atom. The second-order valence-corrected chi connectivity index (χ2v) is 9.50. The van der Waals surface area contributed by atoms with Crippen molar-refractivity contribution in [2.45, 2.75) is 117 Å². The van der Waals surface area contributed by atoms with Crippen molar-refractivity contribution >= 4 is 23.5 Å². The zero-order chi connectivity index (χ0) is 24.7. The third-order valence-electron chi connectivity index (χ3n) is 5.98. The van der Waals surface area contributed by atoms with E-state index in [-0.39, 0.29) is 5.75 Å². The molecule has 0 bridgehead atoms. The number of nitrogens with one attached hydrogen (secondary N) is 2. The van der Waals surface area contributed by atoms with Gasteiger partial charge in [-0.25, -0.2) is 0 Å². The molecule has 0 aliphatic heterocycles. The van der Waals surface area contributed by atoms with Gasteiger partial charge in [0.2, 0.25) is 0 Å². The van der Waals surface area contributed by atoms with Crippen LogP contribution in [0.15, 0.2) is 23.3 Å². The molecular weight excluding hydrogens is 442 g/mol. The fraction of sp³-hybridized carbons (Fsp3) is 0.714. The van der Waals surface area contributed by atoms with E-state index in [1.807, 2.05) is 6.92 Å². The van der Waals surface area contributed by atoms with Gasteiger partial charge in [0.15, 0.2) is 16.6 Å². The molecule has 1 rings (SSSR count). The van der Waals surface area contributed by atoms with Crippen LogP contribution in [0.3, 0.4) is 0 Å². The fourth-order valence-electron chi connectivity index (χ4n) is 3.96. The van der Waals surface area contributed by atoms with E-state index in [2.05, 4.69) is 22.8 Å². The molecule has 0 heterocycles. The standard InChI is InChI=1S/C28H49N3O2S/c1-3-5-6-7-8-9-10-11-12-13-14-15-16-17-18-19-22-29-28(34)31-30-24-25-20-21-26(32)27(23-25)33-4-2/h20-21,23-24,32H,3-19,22H2,1-2H3,(H2,29,31,34)/b30-24-. The number of hydrogen-bond donors (Lipinski definition) is 3. The average Bonchev–Trinajstić information content (AvgIpc) is 2.83. The molecule has 0 radical (unpaired) electrons. The molecule has 0 unspecified atom stereocenters. The minimum Gasteiger partial charge on any atom is -0.504 e. The first kappa shape index (κ1) is 30.2. The largest absolute Gasteiger partial charge is 0.504 e. The molecule has 0 aromatic heterocycles. The average molecular weight is 492 g/mol. The SMILES string of the molecule is CCCCCCCCCCCCCCCCCCNC(=S)N/N=C\c1ccc(O)c(OCC)c1. The Morgan fingerprint density at radius 2 is 1.38 bits per heavy atom. The first-order valence-corrected chi connectivity index (χ1v) is 14.1. The first-order chi connectivity index (χ1) is 16.7. The number of thiocarbonyl (C=S) groups is 1. The molecule has 5 nitrogen and oxygen atoms in total. The summed E-state index contributed by atoms with van der Waals surface area (Å²) in [7, 11) is 0. The highest BCUT2D eigenvalue weighted by molar-refractivity contribution is 7.80. The van der Waals surface area contributed by atoms with Crippen molar-refractivity contribution in [2.24, 2.45) is 5.10 Å². The molecule has 6 heteroatoms. The number of rotatable bonds is 21. The van der Waals surface area contributed by atoms with E-state index < -0.39 is 0 Å². The van der Waals surface area contributed by atoms with Crippen molar-refractivity contribution in [3.05, 3.63) is 23.8 Å². The summed E-state index contributed by atoms with van der Waals surface area (Å²) >= 11 is 5.27. The van der Waals surface area contributed by atoms with Crippen LogP contribution < -0.4 is 15.5 Å². The van der Waals surface area contributed by atoms with Crippen molar-refractivity contribution in [3.8, 4) is 11.5 Å². The van der Waals surface area contributed by atoms with E-state index in [0.717, 1.165) is 18.5 Å². The second-order valence-electron chi connectivity index (χ2n) is 9.09. The Balaban J connectivity index is 1.90. The summed E-state index contributed by atoms with van der Waals surface area (Å²) in [5.41, 5.74) is 3.67. The first-order valence-electron chi connectivity index (χ1n) is 13.7. The van der Waals surface area contributed by atoms with Crippen LogP contribution in [0.2, 0.25) is 0 Å². The molecular formula is C28H49N3O2S. The van der Waals surface area contributed by atoms with E-state index in [1.54, 1.807) is 24.4 Å². The van der Waals surface area contributed by atoms with E-state index in [1.165, 1.54) is 96.3 Å². The molecule has 1 aromatic carbocycles. The number of hydrogen-bond acceptors (Lipinski definition) is 4. The minimum absolute atomic E-state index is 0.128. The summed E-state index contributed by atoms with van der Waals surface area (Å²) in [6, 6.07) is 5.12. The summed E-state index contributed by atoms with van der Waals surface area (Å²) in [4.78, 5) is 0. The van der Waals surface area contributed by atoms with Gasteiger partial charge in [0.1, 0.15) is 0 Å². The van der Waals surface area contributed by atoms with Gasteiger partial charge in [0, 0.05) is 6.54 Å². The van der Waals surface area contributed by atoms with Crippen molar-refractivity contribution in [3.63, 3.8) is 0 Å². The second kappa shape index (κ2) is 21.7. The normalized spacial score (nSPS) is 11.1. The number of ether oxygens (including phenoxy) is 1. The Morgan fingerprint density at radius 3 is 1.91 bits per heavy atom. The van der Waals surface area contributed by atoms with Crippen LogP contribution in [-0.2, 0) is 0 Å². The zero-order valence-corrected chi connectivity index (χ0v) is 22.6. The van der Waals surface area contributed by atoms with Crippen LogP contribution in [0.5, 0.6) is 11.5 Å². The van der Waals surface area contributed by atoms with Gasteiger partial charge in [-0.2, -0.15) is 5.10 Å². The lowest BCUT2D eigenvalue weighted by atomic mass is 10.0. The number of unbranched alkanes of at least 4 members (excludes halogenated alkanes) is 15. The molecule has 34 heavy (non-hydrogen) atoms. The molecule has 0 amide bonds. The molecule has 194 valence electrons. The molecule has 0 atom stereocenters. The monoisotopic (exact) mass is 491 g/mol. The van der Waals surface area contributed by atoms with Crippen LogP contribution >= 0.6 is 12.2 Å². The third kappa shape index (κ3) is 16.7. The molecule has 0 fully saturated rings. The van der Waals surface area contributed by atoms with Gasteiger partial charge in [-0.1, -0.05) is 103 Å². The molecule has 3 N–H and O–H groups in total. The third-order valence-corrected chi connectivity index (χ3v) is 6.21. The number of aromatic hydroxyl groups is 1. The Labute approximate surface area is 214 Å². The van der Waals surface area contributed by atoms with Crippen molar-refractivity contribution in [1.82, 2.24) is 10.7 Å². The summed E-state index contributed by atoms with van der Waals surface area (Å²) in [5, 5.41) is 17.6. The molecule has 0 saturated heterocycles. The maximum Gasteiger partial charge on any atom is 0.186 e. The number of phenolic OH excluding ortho intramolecular Hbond substituents is 1. The zero-order valence-electron chi connectivity index (χ0n) is 21.7. The maximum absolute atomic E-state index is 9.74. The van der Waals surface area contributed by atoms with Crippen molar-refractivity contribution < 1.29 is 9.84 Å². The summed E-state index contributed by atoms with van der Waals surface area (Å²) in [6.07, 6.45) is 23.7. The maximum atomic E-state index is 9.74. The molecule has 0 saturated carbocycles. The topological polar surface area (TPSA) is 65.9 Å². The van der Waals surface area contributed by atoms with E-state index in [9.17, 15) is 5.11 Å². The predicted molar refractivity (Wildman–Crippen MR) is 150 cm³/mol. The van der Waals surface area contributed by atoms with E-state index >= 15 is 0 Å². The van der Waals surface area contributed by atoms with Gasteiger partial charge in [0.05, 0.1) is 12.8 Å². The highest BCUT2D eigenvalue weighted by Gasteiger charge is 2.02. The number of nitrogens with zero attached hydrogens (tertiary/aromatic N) is 1. The molecule has 1 aromatic rings. The smallest absolute Gasteiger partial charge is 0.186 e. The lowest BCUT2D eigenvalue weighted by Gasteiger charge is -2.08. The summed E-state index contributed by atoms with van der Waals surface area (Å²) in [6.45, 7) is 5.53. The minimum atomic E-state index is 0.128. The fourth-order valence-corrected chi connectivity index (χ4v) is 4.12. The lowest BCUT2D eigenvalue weighted by Crippen LogP contribution is -2.32. The van der Waals surface area contributed by atoms with Gasteiger partial charge in [-0.15, -0.1) is 0 Å². The highest BCUT2D eigenvalue weighted by Crippen LogP contribution is 2.26. The highest BCUT2D eigenvalue weighted by atomic mass is 32.1. The summed E-state index contributed by atoms with van der Waals surface area (Å²) < 4.78 is 5.38. The van der Waals surface area contributed by atoms with E-state index in [4.69, 9.17) is 17.0 Å². The van der Waals surface area contributed by atoms with E-state index in [0.29, 0.717) is 17.5 Å². The quantitative estimate of drug-likeness (QED) is 0.0707. The number of hydrazone groups is 1. The summed E-state index contributed by atoms with van der Waals surface area (Å²) in [5.74, 6) is 0.582. The van der Waals surface area contributed by atoms with Crippen molar-refractivity contribution in [1.29, 1.82) is 0 Å². The van der Waals surface area contributed by atoms with Gasteiger partial charge >= 0.3 is 0 Å². The predicted octanol–water partition coefficient (Wildman–Crippen LogP) is 7.85. The van der Waals surface area contributed by atoms with Gasteiger partial charge in [-0.05, 0) is 49.3 Å². The van der Waals surface area contributed by atoms with Crippen molar-refractivity contribution in [2.75, 3.05) is 13.2 Å². The molecule has 0 aliphatic carbocycles. The van der Waals surface area contributed by atoms with Crippen LogP contribution in [0.4, 0.5) is 0 Å². The van der Waals surface area contributed by atoms with Gasteiger partial charge in [-0.3, -0.25) is 5.43 Å². The lowest BCUT2D eigenvalue weighted by molar-refractivity contribution is 0.318. The Hall–Kier alpha value is -1.82. The number of benzene rings is 1. The Kier molecular flexibility index (Phi) is 19.3. The van der Waals surface area contributed by atoms with Crippen LogP contribution in [-0.4, -0.2) is 29.6 Å². The van der Waals surface area contributed by atoms with Gasteiger partial charge < -0.3 is 15.2 Å². The molecule has 0 spiro atoms. The van der Waals surface area contributed by atoms with Crippen LogP contribution in [0.25, 0.3) is 0 Å².